The Morgan fingerprint density at radius 2 is 2.12 bits per heavy atom. The molecular formula is C16H21ClN2O5S. The first kappa shape index (κ1) is 19.6. The molecule has 138 valence electrons. The Bertz CT molecular complexity index is 807. The van der Waals surface area contributed by atoms with Crippen molar-refractivity contribution in [3.63, 3.8) is 0 Å². The summed E-state index contributed by atoms with van der Waals surface area (Å²) in [5, 5.41) is 23.3. The number of aliphatic hydroxyl groups is 1. The zero-order chi connectivity index (χ0) is 18.8. The van der Waals surface area contributed by atoms with Crippen LogP contribution >= 0.6 is 11.6 Å². The molecule has 0 aromatic heterocycles. The Kier molecular flexibility index (Phi) is 5.97. The number of phenolic OH excluding ortho intramolecular Hbond substituents is 1. The molecule has 1 unspecified atom stereocenters. The Labute approximate surface area is 151 Å². The number of rotatable bonds is 5. The lowest BCUT2D eigenvalue weighted by atomic mass is 10.2. The third kappa shape index (κ3) is 4.08. The highest BCUT2D eigenvalue weighted by Gasteiger charge is 2.30. The van der Waals surface area contributed by atoms with Crippen molar-refractivity contribution in [1.29, 1.82) is 0 Å². The predicted molar refractivity (Wildman–Crippen MR) is 95.8 cm³/mol. The van der Waals surface area contributed by atoms with Crippen molar-refractivity contribution in [2.24, 2.45) is 0 Å². The molecule has 1 aromatic rings. The first-order valence-electron chi connectivity index (χ1n) is 7.78. The standard InChI is InChI=1S/C16H21ClN2O5S/c1-9-4-3-5-12(9)18-16(22)19-13-7-6-11(17)15(14(13)21)25(23,24)10(2)8-20/h4,6-7,10,12,20-21H,3,5,8H2,1-2H3,(H2,18,19,22)/t10?,12-/m1/s1. The van der Waals surface area contributed by atoms with E-state index in [2.05, 4.69) is 10.6 Å². The lowest BCUT2D eigenvalue weighted by molar-refractivity contribution is 0.249. The molecule has 0 heterocycles. The summed E-state index contributed by atoms with van der Waals surface area (Å²) in [4.78, 5) is 11.6. The average molecular weight is 389 g/mol. The zero-order valence-electron chi connectivity index (χ0n) is 13.9. The van der Waals surface area contributed by atoms with Gasteiger partial charge in [0, 0.05) is 0 Å². The molecular weight excluding hydrogens is 368 g/mol. The van der Waals surface area contributed by atoms with E-state index in [-0.39, 0.29) is 16.8 Å². The monoisotopic (exact) mass is 388 g/mol. The Balaban J connectivity index is 2.27. The summed E-state index contributed by atoms with van der Waals surface area (Å²) in [5.74, 6) is -0.651. The highest BCUT2D eigenvalue weighted by Crippen LogP contribution is 2.38. The van der Waals surface area contributed by atoms with Gasteiger partial charge in [-0.05, 0) is 38.8 Å². The van der Waals surface area contributed by atoms with Gasteiger partial charge in [-0.2, -0.15) is 0 Å². The number of aromatic hydroxyl groups is 1. The van der Waals surface area contributed by atoms with Crippen molar-refractivity contribution < 1.29 is 23.4 Å². The number of hydrogen-bond acceptors (Lipinski definition) is 5. The van der Waals surface area contributed by atoms with Crippen LogP contribution in [0, 0.1) is 0 Å². The van der Waals surface area contributed by atoms with Crippen LogP contribution < -0.4 is 10.6 Å². The van der Waals surface area contributed by atoms with Crippen LogP contribution in [0.3, 0.4) is 0 Å². The molecule has 4 N–H and O–H groups in total. The van der Waals surface area contributed by atoms with Gasteiger partial charge in [-0.25, -0.2) is 13.2 Å². The quantitative estimate of drug-likeness (QED) is 0.456. The minimum Gasteiger partial charge on any atom is -0.504 e. The first-order valence-corrected chi connectivity index (χ1v) is 9.71. The molecule has 0 bridgehead atoms. The Morgan fingerprint density at radius 1 is 1.44 bits per heavy atom. The van der Waals surface area contributed by atoms with Crippen molar-refractivity contribution in [2.45, 2.75) is 42.9 Å². The van der Waals surface area contributed by atoms with Gasteiger partial charge in [0.05, 0.1) is 28.6 Å². The summed E-state index contributed by atoms with van der Waals surface area (Å²) < 4.78 is 24.8. The summed E-state index contributed by atoms with van der Waals surface area (Å²) >= 11 is 5.92. The normalized spacial score (nSPS) is 18.6. The molecule has 2 amide bonds. The van der Waals surface area contributed by atoms with Gasteiger partial charge in [-0.1, -0.05) is 23.3 Å². The summed E-state index contributed by atoms with van der Waals surface area (Å²) in [6.07, 6.45) is 3.70. The third-order valence-electron chi connectivity index (χ3n) is 4.18. The number of carbonyl (C=O) groups excluding carboxylic acids is 1. The van der Waals surface area contributed by atoms with Gasteiger partial charge in [0.15, 0.2) is 15.6 Å². The van der Waals surface area contributed by atoms with E-state index in [1.165, 1.54) is 19.1 Å². The summed E-state index contributed by atoms with van der Waals surface area (Å²) in [7, 11) is -4.05. The van der Waals surface area contributed by atoms with Gasteiger partial charge in [-0.15, -0.1) is 0 Å². The largest absolute Gasteiger partial charge is 0.504 e. The van der Waals surface area contributed by atoms with E-state index in [1.807, 2.05) is 13.0 Å². The molecule has 25 heavy (non-hydrogen) atoms. The maximum atomic E-state index is 12.4. The first-order chi connectivity index (χ1) is 11.7. The molecule has 0 aliphatic heterocycles. The fourth-order valence-corrected chi connectivity index (χ4v) is 4.36. The van der Waals surface area contributed by atoms with E-state index < -0.39 is 38.4 Å². The number of urea groups is 1. The maximum absolute atomic E-state index is 12.4. The Hall–Kier alpha value is -1.77. The summed E-state index contributed by atoms with van der Waals surface area (Å²) in [5.41, 5.74) is 0.973. The molecule has 0 spiro atoms. The van der Waals surface area contributed by atoms with Crippen LogP contribution in [0.25, 0.3) is 0 Å². The van der Waals surface area contributed by atoms with E-state index in [4.69, 9.17) is 16.7 Å². The number of nitrogens with one attached hydrogen (secondary N) is 2. The van der Waals surface area contributed by atoms with Crippen molar-refractivity contribution in [1.82, 2.24) is 5.32 Å². The van der Waals surface area contributed by atoms with Gasteiger partial charge in [0.25, 0.3) is 0 Å². The number of aliphatic hydroxyl groups excluding tert-OH is 1. The smallest absolute Gasteiger partial charge is 0.319 e. The molecule has 1 aliphatic rings. The second-order valence-electron chi connectivity index (χ2n) is 5.99. The lowest BCUT2D eigenvalue weighted by Crippen LogP contribution is -2.37. The molecule has 2 atom stereocenters. The molecule has 9 heteroatoms. The topological polar surface area (TPSA) is 116 Å². The number of allylic oxidation sites excluding steroid dienone is 1. The van der Waals surface area contributed by atoms with E-state index in [1.54, 1.807) is 0 Å². The van der Waals surface area contributed by atoms with Gasteiger partial charge in [0.1, 0.15) is 4.90 Å². The maximum Gasteiger partial charge on any atom is 0.319 e. The number of sulfone groups is 1. The number of phenols is 1. The molecule has 0 saturated carbocycles. The van der Waals surface area contributed by atoms with Crippen molar-refractivity contribution in [3.05, 3.63) is 28.8 Å². The van der Waals surface area contributed by atoms with Crippen molar-refractivity contribution >= 4 is 33.2 Å². The van der Waals surface area contributed by atoms with Crippen LogP contribution in [0.5, 0.6) is 5.75 Å². The molecule has 0 saturated heterocycles. The van der Waals surface area contributed by atoms with E-state index in [0.29, 0.717) is 0 Å². The van der Waals surface area contributed by atoms with Crippen LogP contribution in [0.1, 0.15) is 26.7 Å². The third-order valence-corrected chi connectivity index (χ3v) is 6.80. The second kappa shape index (κ2) is 7.63. The zero-order valence-corrected chi connectivity index (χ0v) is 15.5. The van der Waals surface area contributed by atoms with Crippen LogP contribution in [-0.4, -0.2) is 42.6 Å². The number of benzene rings is 1. The molecule has 0 fully saturated rings. The van der Waals surface area contributed by atoms with Gasteiger partial charge >= 0.3 is 6.03 Å². The molecule has 0 radical (unpaired) electrons. The van der Waals surface area contributed by atoms with Crippen LogP contribution in [-0.2, 0) is 9.84 Å². The lowest BCUT2D eigenvalue weighted by Gasteiger charge is -2.18. The van der Waals surface area contributed by atoms with Crippen molar-refractivity contribution in [3.8, 4) is 5.75 Å². The van der Waals surface area contributed by atoms with E-state index in [0.717, 1.165) is 18.4 Å². The minimum absolute atomic E-state index is 0.0785. The van der Waals surface area contributed by atoms with Crippen LogP contribution in [0.15, 0.2) is 28.7 Å². The molecule has 1 aliphatic carbocycles. The Morgan fingerprint density at radius 3 is 2.68 bits per heavy atom. The number of carbonyl (C=O) groups is 1. The van der Waals surface area contributed by atoms with Gasteiger partial charge < -0.3 is 20.8 Å². The second-order valence-corrected chi connectivity index (χ2v) is 8.70. The number of amides is 2. The number of anilines is 1. The SMILES string of the molecule is CC1=CCC[C@H]1NC(=O)Nc1ccc(Cl)c(S(=O)(=O)C(C)CO)c1O. The van der Waals surface area contributed by atoms with Crippen molar-refractivity contribution in [2.75, 3.05) is 11.9 Å². The highest BCUT2D eigenvalue weighted by atomic mass is 35.5. The van der Waals surface area contributed by atoms with E-state index in [9.17, 15) is 18.3 Å². The average Bonchev–Trinajstić information content (AvgIpc) is 2.94. The summed E-state index contributed by atoms with van der Waals surface area (Å²) in [6.45, 7) is 2.59. The molecule has 1 aromatic carbocycles. The number of halogens is 1. The highest BCUT2D eigenvalue weighted by molar-refractivity contribution is 7.92. The van der Waals surface area contributed by atoms with Gasteiger partial charge in [0.2, 0.25) is 0 Å². The summed E-state index contributed by atoms with van der Waals surface area (Å²) in [6, 6.07) is 1.94. The van der Waals surface area contributed by atoms with Gasteiger partial charge in [-0.3, -0.25) is 0 Å². The van der Waals surface area contributed by atoms with E-state index >= 15 is 0 Å². The predicted octanol–water partition coefficient (Wildman–Crippen LogP) is 2.43. The number of hydrogen-bond donors (Lipinski definition) is 4. The minimum atomic E-state index is -4.05. The fraction of sp³-hybridized carbons (Fsp3) is 0.438. The van der Waals surface area contributed by atoms with Crippen LogP contribution in [0.4, 0.5) is 10.5 Å². The van der Waals surface area contributed by atoms with Crippen LogP contribution in [0.2, 0.25) is 5.02 Å². The molecule has 7 nitrogen and oxygen atoms in total. The molecule has 2 rings (SSSR count). The fourth-order valence-electron chi connectivity index (χ4n) is 2.57.